The number of halogens is 1. The molecular formula is C12H18ClNS2. The van der Waals surface area contributed by atoms with Crippen molar-refractivity contribution >= 4 is 34.7 Å². The Labute approximate surface area is 111 Å². The first-order valence-electron chi connectivity index (χ1n) is 5.63. The molecular weight excluding hydrogens is 258 g/mol. The van der Waals surface area contributed by atoms with Crippen molar-refractivity contribution in [2.24, 2.45) is 5.41 Å². The van der Waals surface area contributed by atoms with Crippen molar-refractivity contribution in [1.82, 2.24) is 5.32 Å². The van der Waals surface area contributed by atoms with Crippen molar-refractivity contribution in [2.75, 3.05) is 11.5 Å². The van der Waals surface area contributed by atoms with Crippen LogP contribution in [-0.2, 0) is 6.54 Å². The molecule has 0 amide bonds. The quantitative estimate of drug-likeness (QED) is 0.894. The number of thioether (sulfide) groups is 1. The Kier molecular flexibility index (Phi) is 4.22. The van der Waals surface area contributed by atoms with Gasteiger partial charge < -0.3 is 5.32 Å². The van der Waals surface area contributed by atoms with Gasteiger partial charge in [0.1, 0.15) is 0 Å². The third-order valence-electron chi connectivity index (χ3n) is 3.27. The molecule has 0 bridgehead atoms. The summed E-state index contributed by atoms with van der Waals surface area (Å²) in [4.78, 5) is 1.33. The van der Waals surface area contributed by atoms with Crippen molar-refractivity contribution in [3.8, 4) is 0 Å². The molecule has 1 aromatic heterocycles. The van der Waals surface area contributed by atoms with Crippen LogP contribution >= 0.6 is 34.7 Å². The topological polar surface area (TPSA) is 12.0 Å². The zero-order chi connectivity index (χ0) is 11.6. The van der Waals surface area contributed by atoms with E-state index in [-0.39, 0.29) is 0 Å². The monoisotopic (exact) mass is 275 g/mol. The minimum Gasteiger partial charge on any atom is -0.308 e. The van der Waals surface area contributed by atoms with Gasteiger partial charge in [-0.1, -0.05) is 25.4 Å². The smallest absolute Gasteiger partial charge is 0.0931 e. The summed E-state index contributed by atoms with van der Waals surface area (Å²) in [6.45, 7) is 5.68. The van der Waals surface area contributed by atoms with Crippen LogP contribution in [0.5, 0.6) is 0 Å². The molecule has 0 radical (unpaired) electrons. The van der Waals surface area contributed by atoms with Crippen molar-refractivity contribution in [1.29, 1.82) is 0 Å². The average molecular weight is 276 g/mol. The van der Waals surface area contributed by atoms with Gasteiger partial charge in [-0.05, 0) is 29.7 Å². The predicted octanol–water partition coefficient (Wildman–Crippen LogP) is 4.02. The zero-order valence-electron chi connectivity index (χ0n) is 9.75. The molecule has 90 valence electrons. The molecule has 1 saturated heterocycles. The number of hydrogen-bond donors (Lipinski definition) is 1. The largest absolute Gasteiger partial charge is 0.308 e. The third-order valence-corrected chi connectivity index (χ3v) is 5.56. The minimum absolute atomic E-state index is 0.423. The molecule has 1 N–H and O–H groups in total. The van der Waals surface area contributed by atoms with E-state index < -0.39 is 0 Å². The van der Waals surface area contributed by atoms with Crippen LogP contribution in [0.15, 0.2) is 12.1 Å². The summed E-state index contributed by atoms with van der Waals surface area (Å²) < 4.78 is 0.883. The molecule has 1 atom stereocenters. The molecule has 1 fully saturated rings. The van der Waals surface area contributed by atoms with E-state index in [0.717, 1.165) is 10.9 Å². The lowest BCUT2D eigenvalue weighted by Gasteiger charge is -2.38. The van der Waals surface area contributed by atoms with Crippen LogP contribution in [-0.4, -0.2) is 17.5 Å². The van der Waals surface area contributed by atoms with Crippen LogP contribution in [0, 0.1) is 5.41 Å². The van der Waals surface area contributed by atoms with Crippen molar-refractivity contribution in [3.05, 3.63) is 21.3 Å². The second-order valence-corrected chi connectivity index (χ2v) is 7.90. The Bertz CT molecular complexity index is 349. The van der Waals surface area contributed by atoms with E-state index >= 15 is 0 Å². The maximum Gasteiger partial charge on any atom is 0.0931 e. The molecule has 0 spiro atoms. The molecule has 1 unspecified atom stereocenters. The first kappa shape index (κ1) is 12.7. The van der Waals surface area contributed by atoms with Crippen LogP contribution in [0.4, 0.5) is 0 Å². The normalized spacial score (nSPS) is 24.6. The fourth-order valence-corrected chi connectivity index (χ4v) is 4.62. The Morgan fingerprint density at radius 1 is 1.50 bits per heavy atom. The molecule has 1 nitrogen and oxygen atoms in total. The standard InChI is InChI=1S/C12H18ClNS2/c1-12(2)5-6-15-8-10(12)14-7-9-3-4-11(13)16-9/h3-4,10,14H,5-8H2,1-2H3. The molecule has 1 aliphatic rings. The molecule has 0 saturated carbocycles. The van der Waals surface area contributed by atoms with Crippen molar-refractivity contribution in [2.45, 2.75) is 32.9 Å². The summed E-state index contributed by atoms with van der Waals surface area (Å²) in [5.41, 5.74) is 0.423. The van der Waals surface area contributed by atoms with E-state index in [9.17, 15) is 0 Å². The van der Waals surface area contributed by atoms with Crippen molar-refractivity contribution in [3.63, 3.8) is 0 Å². The van der Waals surface area contributed by atoms with Crippen LogP contribution in [0.2, 0.25) is 4.34 Å². The van der Waals surface area contributed by atoms with Gasteiger partial charge in [-0.3, -0.25) is 0 Å². The molecule has 4 heteroatoms. The summed E-state index contributed by atoms with van der Waals surface area (Å²) in [6, 6.07) is 4.71. The average Bonchev–Trinajstić information content (AvgIpc) is 2.62. The Morgan fingerprint density at radius 3 is 2.94 bits per heavy atom. The summed E-state index contributed by atoms with van der Waals surface area (Å²) in [5.74, 6) is 2.53. The molecule has 16 heavy (non-hydrogen) atoms. The van der Waals surface area contributed by atoms with E-state index in [0.29, 0.717) is 11.5 Å². The number of rotatable bonds is 3. The van der Waals surface area contributed by atoms with E-state index in [1.54, 1.807) is 11.3 Å². The van der Waals surface area contributed by atoms with Gasteiger partial charge in [0.25, 0.3) is 0 Å². The van der Waals surface area contributed by atoms with Gasteiger partial charge >= 0.3 is 0 Å². The summed E-state index contributed by atoms with van der Waals surface area (Å²) in [5, 5.41) is 3.67. The molecule has 2 rings (SSSR count). The predicted molar refractivity (Wildman–Crippen MR) is 75.7 cm³/mol. The SMILES string of the molecule is CC1(C)CCSCC1NCc1ccc(Cl)s1. The summed E-state index contributed by atoms with van der Waals surface area (Å²) in [7, 11) is 0. The highest BCUT2D eigenvalue weighted by Crippen LogP contribution is 2.34. The molecule has 0 aliphatic carbocycles. The lowest BCUT2D eigenvalue weighted by molar-refractivity contribution is 0.245. The summed E-state index contributed by atoms with van der Waals surface area (Å²) in [6.07, 6.45) is 1.31. The fraction of sp³-hybridized carbons (Fsp3) is 0.667. The third kappa shape index (κ3) is 3.16. The first-order valence-corrected chi connectivity index (χ1v) is 7.98. The number of nitrogens with one attached hydrogen (secondary N) is 1. The Balaban J connectivity index is 1.89. The molecule has 1 aromatic rings. The van der Waals surface area contributed by atoms with Crippen molar-refractivity contribution < 1.29 is 0 Å². The maximum atomic E-state index is 5.92. The lowest BCUT2D eigenvalue weighted by Crippen LogP contribution is -2.46. The number of thiophene rings is 1. The zero-order valence-corrected chi connectivity index (χ0v) is 12.1. The molecule has 2 heterocycles. The molecule has 0 aromatic carbocycles. The van der Waals surface area contributed by atoms with Crippen LogP contribution in [0.3, 0.4) is 0 Å². The highest BCUT2D eigenvalue weighted by molar-refractivity contribution is 7.99. The van der Waals surface area contributed by atoms with Crippen LogP contribution in [0.1, 0.15) is 25.1 Å². The number of hydrogen-bond acceptors (Lipinski definition) is 3. The fourth-order valence-electron chi connectivity index (χ4n) is 1.94. The van der Waals surface area contributed by atoms with Gasteiger partial charge in [-0.25, -0.2) is 0 Å². The summed E-state index contributed by atoms with van der Waals surface area (Å²) >= 11 is 9.66. The maximum absolute atomic E-state index is 5.92. The van der Waals surface area contributed by atoms with Gasteiger partial charge in [0.05, 0.1) is 4.34 Å². The highest BCUT2D eigenvalue weighted by atomic mass is 35.5. The Morgan fingerprint density at radius 2 is 2.31 bits per heavy atom. The van der Waals surface area contributed by atoms with E-state index in [1.165, 1.54) is 22.8 Å². The highest BCUT2D eigenvalue weighted by Gasteiger charge is 2.31. The Hall–Kier alpha value is 0.300. The van der Waals surface area contributed by atoms with Gasteiger partial charge in [0.15, 0.2) is 0 Å². The second kappa shape index (κ2) is 5.30. The van der Waals surface area contributed by atoms with Gasteiger partial charge in [0.2, 0.25) is 0 Å². The lowest BCUT2D eigenvalue weighted by atomic mass is 9.82. The second-order valence-electron chi connectivity index (χ2n) is 4.95. The van der Waals surface area contributed by atoms with Gasteiger partial charge in [0, 0.05) is 23.2 Å². The van der Waals surface area contributed by atoms with Crippen LogP contribution in [0.25, 0.3) is 0 Å². The van der Waals surface area contributed by atoms with Gasteiger partial charge in [-0.15, -0.1) is 11.3 Å². The van der Waals surface area contributed by atoms with Crippen LogP contribution < -0.4 is 5.32 Å². The first-order chi connectivity index (χ1) is 7.58. The van der Waals surface area contributed by atoms with E-state index in [2.05, 4.69) is 37.0 Å². The van der Waals surface area contributed by atoms with E-state index in [4.69, 9.17) is 11.6 Å². The minimum atomic E-state index is 0.423. The van der Waals surface area contributed by atoms with E-state index in [1.807, 2.05) is 6.07 Å². The van der Waals surface area contributed by atoms with Gasteiger partial charge in [-0.2, -0.15) is 11.8 Å². The molecule has 1 aliphatic heterocycles.